The van der Waals surface area contributed by atoms with Gasteiger partial charge in [-0.05, 0) is 37.8 Å². The first-order valence-corrected chi connectivity index (χ1v) is 7.62. The minimum atomic E-state index is -0.739. The first-order valence-electron chi connectivity index (χ1n) is 7.62. The van der Waals surface area contributed by atoms with Crippen LogP contribution < -0.4 is 20.7 Å². The molecule has 2 amide bonds. The van der Waals surface area contributed by atoms with Crippen molar-refractivity contribution >= 4 is 35.6 Å². The Morgan fingerprint density at radius 3 is 2.61 bits per heavy atom. The number of nitrogens with zero attached hydrogens (tertiary/aromatic N) is 1. The Labute approximate surface area is 141 Å². The summed E-state index contributed by atoms with van der Waals surface area (Å²) in [6, 6.07) is 5.33. The molecular weight excluding hydrogens is 318 g/mol. The van der Waals surface area contributed by atoms with E-state index in [1.54, 1.807) is 24.1 Å². The van der Waals surface area contributed by atoms with Crippen LogP contribution in [-0.2, 0) is 9.59 Å². The summed E-state index contributed by atoms with van der Waals surface area (Å²) in [5, 5.41) is 2.84. The summed E-state index contributed by atoms with van der Waals surface area (Å²) in [7, 11) is 1.56. The van der Waals surface area contributed by atoms with Crippen LogP contribution in [0.3, 0.4) is 0 Å². The number of amides is 2. The zero-order chi connectivity index (χ0) is 15.7. The van der Waals surface area contributed by atoms with Crippen LogP contribution in [-0.4, -0.2) is 31.0 Å². The number of rotatable bonds is 4. The average molecular weight is 340 g/mol. The Balaban J connectivity index is 0.00000192. The quantitative estimate of drug-likeness (QED) is 0.879. The molecule has 126 valence electrons. The molecule has 0 atom stereocenters. The number of ether oxygens (including phenoxy) is 1. The Morgan fingerprint density at radius 1 is 1.35 bits per heavy atom. The van der Waals surface area contributed by atoms with Gasteiger partial charge >= 0.3 is 0 Å². The minimum absolute atomic E-state index is 0. The van der Waals surface area contributed by atoms with Crippen molar-refractivity contribution in [1.82, 2.24) is 0 Å². The first-order chi connectivity index (χ1) is 10.5. The second-order valence-corrected chi connectivity index (χ2v) is 6.00. The zero-order valence-corrected chi connectivity index (χ0v) is 13.9. The molecule has 1 aromatic carbocycles. The van der Waals surface area contributed by atoms with E-state index < -0.39 is 5.54 Å². The van der Waals surface area contributed by atoms with E-state index in [9.17, 15) is 9.59 Å². The van der Waals surface area contributed by atoms with Crippen LogP contribution in [0, 0.1) is 0 Å². The third-order valence-corrected chi connectivity index (χ3v) is 4.50. The molecule has 0 bridgehead atoms. The summed E-state index contributed by atoms with van der Waals surface area (Å²) in [4.78, 5) is 25.8. The molecule has 1 heterocycles. The Kier molecular flexibility index (Phi) is 5.16. The summed E-state index contributed by atoms with van der Waals surface area (Å²) in [5.74, 6) is 0.518. The van der Waals surface area contributed by atoms with Crippen LogP contribution in [0.1, 0.15) is 32.1 Å². The fourth-order valence-electron chi connectivity index (χ4n) is 2.92. The lowest BCUT2D eigenvalue weighted by Crippen LogP contribution is -2.56. The SMILES string of the molecule is COc1cc(NC(=O)C2(N)CCC2)ccc1N1CCCC1=O.Cl. The lowest BCUT2D eigenvalue weighted by atomic mass is 9.77. The van der Waals surface area contributed by atoms with Crippen LogP contribution >= 0.6 is 12.4 Å². The number of halogens is 1. The van der Waals surface area contributed by atoms with Gasteiger partial charge in [0.25, 0.3) is 0 Å². The van der Waals surface area contributed by atoms with Gasteiger partial charge in [-0.25, -0.2) is 0 Å². The summed E-state index contributed by atoms with van der Waals surface area (Å²) in [5.41, 5.74) is 6.65. The number of nitrogens with one attached hydrogen (secondary N) is 1. The maximum atomic E-state index is 12.2. The molecule has 0 unspecified atom stereocenters. The highest BCUT2D eigenvalue weighted by molar-refractivity contribution is 6.00. The molecule has 1 saturated heterocycles. The number of hydrogen-bond donors (Lipinski definition) is 2. The van der Waals surface area contributed by atoms with Gasteiger partial charge in [0, 0.05) is 24.7 Å². The highest BCUT2D eigenvalue weighted by Gasteiger charge is 2.40. The van der Waals surface area contributed by atoms with Crippen LogP contribution in [0.15, 0.2) is 18.2 Å². The Bertz CT molecular complexity index is 617. The first kappa shape index (κ1) is 17.6. The maximum absolute atomic E-state index is 12.2. The summed E-state index contributed by atoms with van der Waals surface area (Å²) in [6.45, 7) is 0.701. The number of carbonyl (C=O) groups is 2. The molecule has 1 aliphatic heterocycles. The smallest absolute Gasteiger partial charge is 0.244 e. The molecule has 1 aromatic rings. The summed E-state index contributed by atoms with van der Waals surface area (Å²) >= 11 is 0. The van der Waals surface area contributed by atoms with Crippen molar-refractivity contribution < 1.29 is 14.3 Å². The largest absolute Gasteiger partial charge is 0.494 e. The van der Waals surface area contributed by atoms with Crippen LogP contribution in [0.25, 0.3) is 0 Å². The predicted octanol–water partition coefficient (Wildman–Crippen LogP) is 2.06. The molecule has 2 fully saturated rings. The van der Waals surface area contributed by atoms with Crippen molar-refractivity contribution in [2.24, 2.45) is 5.73 Å². The molecule has 1 aliphatic carbocycles. The second kappa shape index (κ2) is 6.76. The highest BCUT2D eigenvalue weighted by Crippen LogP contribution is 2.35. The third-order valence-electron chi connectivity index (χ3n) is 4.50. The maximum Gasteiger partial charge on any atom is 0.244 e. The number of hydrogen-bond acceptors (Lipinski definition) is 4. The van der Waals surface area contributed by atoms with E-state index >= 15 is 0 Å². The molecule has 3 N–H and O–H groups in total. The van der Waals surface area contributed by atoms with Gasteiger partial charge in [-0.15, -0.1) is 12.4 Å². The summed E-state index contributed by atoms with van der Waals surface area (Å²) in [6.07, 6.45) is 3.85. The van der Waals surface area contributed by atoms with Gasteiger partial charge in [-0.3, -0.25) is 9.59 Å². The standard InChI is InChI=1S/C16H21N3O3.ClH/c1-22-13-10-11(18-15(21)16(17)7-3-8-16)5-6-12(13)19-9-2-4-14(19)20;/h5-6,10H,2-4,7-9,17H2,1H3,(H,18,21);1H. The Morgan fingerprint density at radius 2 is 2.09 bits per heavy atom. The van der Waals surface area contributed by atoms with E-state index in [2.05, 4.69) is 5.32 Å². The molecule has 0 radical (unpaired) electrons. The lowest BCUT2D eigenvalue weighted by molar-refractivity contribution is -0.123. The minimum Gasteiger partial charge on any atom is -0.494 e. The molecule has 0 aromatic heterocycles. The summed E-state index contributed by atoms with van der Waals surface area (Å²) < 4.78 is 5.38. The van der Waals surface area contributed by atoms with Crippen molar-refractivity contribution in [2.75, 3.05) is 23.9 Å². The van der Waals surface area contributed by atoms with Gasteiger partial charge in [0.15, 0.2) is 0 Å². The van der Waals surface area contributed by atoms with Gasteiger partial charge in [0.2, 0.25) is 11.8 Å². The number of anilines is 2. The highest BCUT2D eigenvalue weighted by atomic mass is 35.5. The van der Waals surface area contributed by atoms with Gasteiger partial charge in [-0.1, -0.05) is 0 Å². The Hall–Kier alpha value is -1.79. The third kappa shape index (κ3) is 3.28. The van der Waals surface area contributed by atoms with Crippen molar-refractivity contribution in [3.8, 4) is 5.75 Å². The van der Waals surface area contributed by atoms with Crippen LogP contribution in [0.5, 0.6) is 5.75 Å². The monoisotopic (exact) mass is 339 g/mol. The van der Waals surface area contributed by atoms with Crippen molar-refractivity contribution in [3.63, 3.8) is 0 Å². The molecule has 7 heteroatoms. The number of nitrogens with two attached hydrogens (primary N) is 1. The molecule has 2 aliphatic rings. The fourth-order valence-corrected chi connectivity index (χ4v) is 2.92. The second-order valence-electron chi connectivity index (χ2n) is 6.00. The topological polar surface area (TPSA) is 84.7 Å². The number of benzene rings is 1. The van der Waals surface area contributed by atoms with E-state index in [-0.39, 0.29) is 24.2 Å². The lowest BCUT2D eigenvalue weighted by Gasteiger charge is -2.36. The van der Waals surface area contributed by atoms with E-state index in [4.69, 9.17) is 10.5 Å². The zero-order valence-electron chi connectivity index (χ0n) is 13.1. The normalized spacial score (nSPS) is 18.9. The fraction of sp³-hybridized carbons (Fsp3) is 0.500. The molecular formula is C16H22ClN3O3. The number of carbonyl (C=O) groups excluding carboxylic acids is 2. The van der Waals surface area contributed by atoms with Crippen LogP contribution in [0.2, 0.25) is 0 Å². The van der Waals surface area contributed by atoms with Crippen molar-refractivity contribution in [1.29, 1.82) is 0 Å². The van der Waals surface area contributed by atoms with Gasteiger partial charge in [0.1, 0.15) is 5.75 Å². The molecule has 1 saturated carbocycles. The van der Waals surface area contributed by atoms with Crippen molar-refractivity contribution in [2.45, 2.75) is 37.6 Å². The van der Waals surface area contributed by atoms with Gasteiger partial charge in [-0.2, -0.15) is 0 Å². The van der Waals surface area contributed by atoms with Crippen molar-refractivity contribution in [3.05, 3.63) is 18.2 Å². The number of methoxy groups -OCH3 is 1. The van der Waals surface area contributed by atoms with E-state index in [0.29, 0.717) is 24.4 Å². The molecule has 23 heavy (non-hydrogen) atoms. The van der Waals surface area contributed by atoms with Crippen LogP contribution in [0.4, 0.5) is 11.4 Å². The van der Waals surface area contributed by atoms with E-state index in [0.717, 1.165) is 31.4 Å². The molecule has 3 rings (SSSR count). The van der Waals surface area contributed by atoms with Gasteiger partial charge < -0.3 is 20.7 Å². The molecule has 6 nitrogen and oxygen atoms in total. The molecule has 0 spiro atoms. The van der Waals surface area contributed by atoms with Gasteiger partial charge in [0.05, 0.1) is 18.3 Å². The van der Waals surface area contributed by atoms with E-state index in [1.165, 1.54) is 0 Å². The predicted molar refractivity (Wildman–Crippen MR) is 91.2 cm³/mol. The van der Waals surface area contributed by atoms with E-state index in [1.807, 2.05) is 6.07 Å². The average Bonchev–Trinajstić information content (AvgIpc) is 2.90.